The van der Waals surface area contributed by atoms with Gasteiger partial charge in [0.05, 0.1) is 17.3 Å². The first-order valence-electron chi connectivity index (χ1n) is 7.84. The number of ether oxygens (including phenoxy) is 1. The minimum absolute atomic E-state index is 0.0658. The number of urea groups is 1. The molecule has 1 aromatic rings. The maximum atomic E-state index is 12.1. The van der Waals surface area contributed by atoms with Crippen LogP contribution in [0.4, 0.5) is 4.79 Å². The Labute approximate surface area is 129 Å². The minimum Gasteiger partial charge on any atom is -0.378 e. The second-order valence-electron chi connectivity index (χ2n) is 5.84. The molecule has 0 aliphatic carbocycles. The third kappa shape index (κ3) is 3.95. The van der Waals surface area contributed by atoms with Crippen molar-refractivity contribution in [3.05, 3.63) is 16.6 Å². The van der Waals surface area contributed by atoms with Gasteiger partial charge in [0.25, 0.3) is 0 Å². The summed E-state index contributed by atoms with van der Waals surface area (Å²) >= 11 is 1.59. The summed E-state index contributed by atoms with van der Waals surface area (Å²) < 4.78 is 5.77. The summed E-state index contributed by atoms with van der Waals surface area (Å²) in [6.45, 7) is 3.29. The number of hydrogen-bond donors (Lipinski definition) is 1. The van der Waals surface area contributed by atoms with Gasteiger partial charge in [-0.2, -0.15) is 0 Å². The van der Waals surface area contributed by atoms with Crippen LogP contribution in [0.3, 0.4) is 0 Å². The van der Waals surface area contributed by atoms with Crippen molar-refractivity contribution >= 4 is 17.4 Å². The van der Waals surface area contributed by atoms with Crippen molar-refractivity contribution in [1.29, 1.82) is 0 Å². The molecule has 2 aliphatic rings. The van der Waals surface area contributed by atoms with Gasteiger partial charge in [0.1, 0.15) is 0 Å². The Balaban J connectivity index is 1.36. The van der Waals surface area contributed by atoms with Crippen molar-refractivity contribution < 1.29 is 9.53 Å². The molecule has 2 aliphatic heterocycles. The lowest BCUT2D eigenvalue weighted by molar-refractivity contribution is 0.0372. The van der Waals surface area contributed by atoms with Gasteiger partial charge >= 0.3 is 6.03 Å². The van der Waals surface area contributed by atoms with Gasteiger partial charge < -0.3 is 15.0 Å². The Morgan fingerprint density at radius 2 is 2.29 bits per heavy atom. The zero-order chi connectivity index (χ0) is 14.5. The summed E-state index contributed by atoms with van der Waals surface area (Å²) in [5.74, 6) is 0.645. The Bertz CT molecular complexity index is 438. The van der Waals surface area contributed by atoms with E-state index in [1.54, 1.807) is 11.3 Å². The van der Waals surface area contributed by atoms with Crippen LogP contribution >= 0.6 is 11.3 Å². The van der Waals surface area contributed by atoms with Gasteiger partial charge in [0, 0.05) is 38.0 Å². The number of likely N-dealkylation sites (tertiary alicyclic amines) is 1. The number of nitrogens with one attached hydrogen (secondary N) is 1. The molecule has 6 heteroatoms. The van der Waals surface area contributed by atoms with Gasteiger partial charge in [-0.1, -0.05) is 0 Å². The topological polar surface area (TPSA) is 54.5 Å². The van der Waals surface area contributed by atoms with E-state index in [9.17, 15) is 4.79 Å². The maximum absolute atomic E-state index is 12.1. The van der Waals surface area contributed by atoms with Crippen molar-refractivity contribution in [1.82, 2.24) is 15.2 Å². The van der Waals surface area contributed by atoms with Crippen LogP contribution < -0.4 is 5.32 Å². The summed E-state index contributed by atoms with van der Waals surface area (Å²) in [5, 5.41) is 5.02. The molecule has 0 aromatic carbocycles. The van der Waals surface area contributed by atoms with Crippen LogP contribution in [0.2, 0.25) is 0 Å². The van der Waals surface area contributed by atoms with Crippen molar-refractivity contribution in [2.45, 2.75) is 38.2 Å². The predicted molar refractivity (Wildman–Crippen MR) is 82.5 cm³/mol. The Morgan fingerprint density at radius 3 is 2.95 bits per heavy atom. The quantitative estimate of drug-likeness (QED) is 0.928. The summed E-state index contributed by atoms with van der Waals surface area (Å²) in [7, 11) is 0. The Hall–Kier alpha value is -1.14. The molecule has 3 rings (SSSR count). The highest BCUT2D eigenvalue weighted by atomic mass is 32.1. The van der Waals surface area contributed by atoms with Crippen LogP contribution in [0.1, 0.15) is 31.4 Å². The van der Waals surface area contributed by atoms with Gasteiger partial charge in [-0.05, 0) is 31.6 Å². The zero-order valence-corrected chi connectivity index (χ0v) is 13.1. The number of aromatic nitrogens is 1. The molecule has 0 bridgehead atoms. The first-order chi connectivity index (χ1) is 10.3. The fourth-order valence-electron chi connectivity index (χ4n) is 3.22. The lowest BCUT2D eigenvalue weighted by atomic mass is 9.90. The molecule has 2 fully saturated rings. The Kier molecular flexibility index (Phi) is 5.08. The molecule has 0 radical (unpaired) electrons. The maximum Gasteiger partial charge on any atom is 0.317 e. The van der Waals surface area contributed by atoms with Crippen molar-refractivity contribution in [2.24, 2.45) is 5.92 Å². The van der Waals surface area contributed by atoms with Gasteiger partial charge in [0.15, 0.2) is 0 Å². The molecule has 2 saturated heterocycles. The van der Waals surface area contributed by atoms with Gasteiger partial charge in [-0.3, -0.25) is 0 Å². The van der Waals surface area contributed by atoms with Crippen LogP contribution in [-0.4, -0.2) is 48.3 Å². The average molecular weight is 309 g/mol. The van der Waals surface area contributed by atoms with Crippen LogP contribution in [0.15, 0.2) is 10.9 Å². The molecule has 21 heavy (non-hydrogen) atoms. The monoisotopic (exact) mass is 309 g/mol. The van der Waals surface area contributed by atoms with E-state index in [0.717, 1.165) is 44.7 Å². The van der Waals surface area contributed by atoms with Crippen molar-refractivity contribution in [2.75, 3.05) is 26.2 Å². The molecule has 1 N–H and O–H groups in total. The summed E-state index contributed by atoms with van der Waals surface area (Å²) in [4.78, 5) is 18.3. The number of carbonyl (C=O) groups is 1. The molecule has 1 atom stereocenters. The predicted octanol–water partition coefficient (Wildman–Crippen LogP) is 2.29. The molecule has 0 spiro atoms. The molecule has 2 amide bonds. The molecule has 0 saturated carbocycles. The fraction of sp³-hybridized carbons (Fsp3) is 0.733. The molecular weight excluding hydrogens is 286 g/mol. The van der Waals surface area contributed by atoms with E-state index in [1.807, 2.05) is 15.8 Å². The van der Waals surface area contributed by atoms with Crippen molar-refractivity contribution in [3.63, 3.8) is 0 Å². The molecule has 1 aromatic heterocycles. The van der Waals surface area contributed by atoms with E-state index in [2.05, 4.69) is 10.3 Å². The SMILES string of the molecule is O=C(NCCc1cscn1)N1CCC([C@@H]2CCCO2)CC1. The van der Waals surface area contributed by atoms with Crippen LogP contribution in [0.5, 0.6) is 0 Å². The fourth-order valence-corrected chi connectivity index (χ4v) is 3.81. The molecule has 5 nitrogen and oxygen atoms in total. The van der Waals surface area contributed by atoms with Crippen LogP contribution in [-0.2, 0) is 11.2 Å². The summed E-state index contributed by atoms with van der Waals surface area (Å²) in [5.41, 5.74) is 2.88. The number of thiazole rings is 1. The number of hydrogen-bond acceptors (Lipinski definition) is 4. The number of rotatable bonds is 4. The van der Waals surface area contributed by atoms with Gasteiger partial charge in [-0.25, -0.2) is 9.78 Å². The highest BCUT2D eigenvalue weighted by Crippen LogP contribution is 2.28. The largest absolute Gasteiger partial charge is 0.378 e. The number of nitrogens with zero attached hydrogens (tertiary/aromatic N) is 2. The summed E-state index contributed by atoms with van der Waals surface area (Å²) in [6.07, 6.45) is 5.79. The normalized spacial score (nSPS) is 23.4. The highest BCUT2D eigenvalue weighted by Gasteiger charge is 2.30. The van der Waals surface area contributed by atoms with E-state index >= 15 is 0 Å². The van der Waals surface area contributed by atoms with E-state index in [1.165, 1.54) is 12.8 Å². The number of amides is 2. The smallest absolute Gasteiger partial charge is 0.317 e. The summed E-state index contributed by atoms with van der Waals surface area (Å²) in [6, 6.07) is 0.0658. The minimum atomic E-state index is 0.0658. The van der Waals surface area contributed by atoms with Crippen LogP contribution in [0, 0.1) is 5.92 Å². The Morgan fingerprint density at radius 1 is 1.43 bits per heavy atom. The lowest BCUT2D eigenvalue weighted by Gasteiger charge is -2.34. The molecular formula is C15H23N3O2S. The lowest BCUT2D eigenvalue weighted by Crippen LogP contribution is -2.46. The number of carbonyl (C=O) groups excluding carboxylic acids is 1. The van der Waals surface area contributed by atoms with E-state index in [4.69, 9.17) is 4.74 Å². The number of piperidine rings is 1. The molecule has 116 valence electrons. The average Bonchev–Trinajstić information content (AvgIpc) is 3.21. The van der Waals surface area contributed by atoms with Crippen molar-refractivity contribution in [3.8, 4) is 0 Å². The highest BCUT2D eigenvalue weighted by molar-refractivity contribution is 7.07. The third-order valence-electron chi connectivity index (χ3n) is 4.46. The van der Waals surface area contributed by atoms with Crippen LogP contribution in [0.25, 0.3) is 0 Å². The zero-order valence-electron chi connectivity index (χ0n) is 12.3. The molecule has 3 heterocycles. The van der Waals surface area contributed by atoms with Gasteiger partial charge in [0.2, 0.25) is 0 Å². The molecule has 0 unspecified atom stereocenters. The standard InChI is InChI=1S/C15H23N3O2S/c19-15(16-6-3-13-10-21-11-17-13)18-7-4-12(5-8-18)14-2-1-9-20-14/h10-12,14H,1-9H2,(H,16,19)/t14-/m0/s1. The van der Waals surface area contributed by atoms with E-state index in [-0.39, 0.29) is 6.03 Å². The first kappa shape index (κ1) is 14.8. The van der Waals surface area contributed by atoms with E-state index < -0.39 is 0 Å². The third-order valence-corrected chi connectivity index (χ3v) is 5.09. The van der Waals surface area contributed by atoms with E-state index in [0.29, 0.717) is 18.6 Å². The first-order valence-corrected chi connectivity index (χ1v) is 8.78. The second-order valence-corrected chi connectivity index (χ2v) is 6.56. The van der Waals surface area contributed by atoms with Gasteiger partial charge in [-0.15, -0.1) is 11.3 Å². The second kappa shape index (κ2) is 7.22.